The molecule has 1 heterocycles. The Kier molecular flexibility index (Phi) is 4.03. The van der Waals surface area contributed by atoms with Gasteiger partial charge in [-0.25, -0.2) is 0 Å². The topological polar surface area (TPSA) is 12.9 Å². The quantitative estimate of drug-likeness (QED) is 0.742. The van der Waals surface area contributed by atoms with Gasteiger partial charge in [-0.1, -0.05) is 17.7 Å². The van der Waals surface area contributed by atoms with Crippen LogP contribution in [0.2, 0.25) is 5.02 Å². The molecule has 0 fully saturated rings. The van der Waals surface area contributed by atoms with Gasteiger partial charge in [0.05, 0.1) is 5.38 Å². The third-order valence-electron chi connectivity index (χ3n) is 2.74. The van der Waals surface area contributed by atoms with Gasteiger partial charge in [-0.15, -0.1) is 11.6 Å². The summed E-state index contributed by atoms with van der Waals surface area (Å²) in [5.74, 6) is 0. The molecule has 1 unspecified atom stereocenters. The molecule has 0 aliphatic heterocycles. The fourth-order valence-electron chi connectivity index (χ4n) is 1.78. The molecule has 0 spiro atoms. The number of aryl methyl sites for hydroxylation is 1. The van der Waals surface area contributed by atoms with Crippen molar-refractivity contribution >= 4 is 23.2 Å². The number of hydrogen-bond acceptors (Lipinski definition) is 1. The maximum absolute atomic E-state index is 6.44. The molecule has 0 radical (unpaired) electrons. The Morgan fingerprint density at radius 1 is 1.18 bits per heavy atom. The molecule has 0 aliphatic rings. The van der Waals surface area contributed by atoms with Gasteiger partial charge in [0.25, 0.3) is 0 Å². The highest BCUT2D eigenvalue weighted by molar-refractivity contribution is 6.30. The molecular formula is C14H13Cl2N. The predicted molar refractivity (Wildman–Crippen MR) is 72.7 cm³/mol. The van der Waals surface area contributed by atoms with Crippen LogP contribution in [-0.4, -0.2) is 4.98 Å². The highest BCUT2D eigenvalue weighted by atomic mass is 35.5. The van der Waals surface area contributed by atoms with Crippen LogP contribution in [0.5, 0.6) is 0 Å². The van der Waals surface area contributed by atoms with Gasteiger partial charge in [0.15, 0.2) is 0 Å². The monoisotopic (exact) mass is 265 g/mol. The summed E-state index contributed by atoms with van der Waals surface area (Å²) in [4.78, 5) is 3.99. The lowest BCUT2D eigenvalue weighted by molar-refractivity contribution is 0.907. The summed E-state index contributed by atoms with van der Waals surface area (Å²) in [6, 6.07) is 9.79. The smallest absolute Gasteiger partial charge is 0.0628 e. The van der Waals surface area contributed by atoms with Crippen molar-refractivity contribution in [3.63, 3.8) is 0 Å². The summed E-state index contributed by atoms with van der Waals surface area (Å²) < 4.78 is 0. The number of hydrogen-bond donors (Lipinski definition) is 0. The Labute approximate surface area is 111 Å². The van der Waals surface area contributed by atoms with Crippen LogP contribution in [0.25, 0.3) is 0 Å². The second kappa shape index (κ2) is 5.52. The molecule has 17 heavy (non-hydrogen) atoms. The molecule has 1 aromatic heterocycles. The molecule has 0 aliphatic carbocycles. The third kappa shape index (κ3) is 3.21. The van der Waals surface area contributed by atoms with Gasteiger partial charge >= 0.3 is 0 Å². The van der Waals surface area contributed by atoms with Gasteiger partial charge in [0, 0.05) is 17.4 Å². The predicted octanol–water partition coefficient (Wildman–Crippen LogP) is 4.57. The van der Waals surface area contributed by atoms with Gasteiger partial charge in [0.2, 0.25) is 0 Å². The van der Waals surface area contributed by atoms with Crippen molar-refractivity contribution in [1.82, 2.24) is 4.98 Å². The Morgan fingerprint density at radius 3 is 2.59 bits per heavy atom. The first-order chi connectivity index (χ1) is 8.16. The second-order valence-corrected chi connectivity index (χ2v) is 4.99. The molecule has 0 N–H and O–H groups in total. The molecule has 3 heteroatoms. The van der Waals surface area contributed by atoms with Crippen molar-refractivity contribution < 1.29 is 0 Å². The van der Waals surface area contributed by atoms with Crippen molar-refractivity contribution in [2.75, 3.05) is 0 Å². The molecular weight excluding hydrogens is 253 g/mol. The molecule has 2 rings (SSSR count). The average Bonchev–Trinajstić information content (AvgIpc) is 2.33. The van der Waals surface area contributed by atoms with Gasteiger partial charge in [-0.2, -0.15) is 0 Å². The van der Waals surface area contributed by atoms with Crippen molar-refractivity contribution in [3.05, 3.63) is 64.4 Å². The molecule has 0 amide bonds. The Bertz CT molecular complexity index is 497. The minimum absolute atomic E-state index is 0.0592. The van der Waals surface area contributed by atoms with Gasteiger partial charge in [-0.3, -0.25) is 4.98 Å². The summed E-state index contributed by atoms with van der Waals surface area (Å²) in [7, 11) is 0. The lowest BCUT2D eigenvalue weighted by Gasteiger charge is -2.13. The molecule has 1 nitrogen and oxygen atoms in total. The summed E-state index contributed by atoms with van der Waals surface area (Å²) in [5, 5.41) is 0.669. The number of pyridine rings is 1. The highest BCUT2D eigenvalue weighted by Gasteiger charge is 2.12. The van der Waals surface area contributed by atoms with E-state index < -0.39 is 0 Å². The van der Waals surface area contributed by atoms with Gasteiger partial charge in [-0.05, 0) is 54.3 Å². The van der Waals surface area contributed by atoms with E-state index in [1.165, 1.54) is 11.1 Å². The summed E-state index contributed by atoms with van der Waals surface area (Å²) in [6.07, 6.45) is 4.35. The van der Waals surface area contributed by atoms with E-state index in [0.29, 0.717) is 0 Å². The van der Waals surface area contributed by atoms with Crippen LogP contribution in [0.15, 0.2) is 42.7 Å². The maximum Gasteiger partial charge on any atom is 0.0628 e. The Hall–Kier alpha value is -1.05. The van der Waals surface area contributed by atoms with E-state index in [9.17, 15) is 0 Å². The summed E-state index contributed by atoms with van der Waals surface area (Å²) in [6.45, 7) is 2.05. The van der Waals surface area contributed by atoms with E-state index in [2.05, 4.69) is 4.98 Å². The van der Waals surface area contributed by atoms with Crippen LogP contribution in [0.3, 0.4) is 0 Å². The summed E-state index contributed by atoms with van der Waals surface area (Å²) >= 11 is 12.4. The molecule has 0 saturated heterocycles. The van der Waals surface area contributed by atoms with Crippen molar-refractivity contribution in [2.45, 2.75) is 18.7 Å². The van der Waals surface area contributed by atoms with Crippen molar-refractivity contribution in [1.29, 1.82) is 0 Å². The first-order valence-corrected chi connectivity index (χ1v) is 6.27. The van der Waals surface area contributed by atoms with Crippen LogP contribution in [0.4, 0.5) is 0 Å². The average molecular weight is 266 g/mol. The van der Waals surface area contributed by atoms with Crippen molar-refractivity contribution in [3.8, 4) is 0 Å². The van der Waals surface area contributed by atoms with Crippen LogP contribution in [-0.2, 0) is 6.42 Å². The zero-order valence-electron chi connectivity index (χ0n) is 9.53. The fourth-order valence-corrected chi connectivity index (χ4v) is 2.38. The standard InChI is InChI=1S/C14H13Cl2N/c1-10-2-3-12(15)9-13(10)14(16)8-11-4-6-17-7-5-11/h2-7,9,14H,8H2,1H3. The van der Waals surface area contributed by atoms with Crippen LogP contribution in [0.1, 0.15) is 22.1 Å². The molecule has 1 atom stereocenters. The molecule has 0 saturated carbocycles. The van der Waals surface area contributed by atoms with E-state index in [4.69, 9.17) is 23.2 Å². The number of halogens is 2. The Morgan fingerprint density at radius 2 is 1.88 bits per heavy atom. The second-order valence-electron chi connectivity index (χ2n) is 4.03. The highest BCUT2D eigenvalue weighted by Crippen LogP contribution is 2.29. The molecule has 1 aromatic carbocycles. The van der Waals surface area contributed by atoms with E-state index in [1.54, 1.807) is 12.4 Å². The van der Waals surface area contributed by atoms with E-state index in [1.807, 2.05) is 37.3 Å². The van der Waals surface area contributed by atoms with Crippen LogP contribution in [0, 0.1) is 6.92 Å². The van der Waals surface area contributed by atoms with Crippen LogP contribution >= 0.6 is 23.2 Å². The van der Waals surface area contributed by atoms with E-state index >= 15 is 0 Å². The van der Waals surface area contributed by atoms with Gasteiger partial charge in [0.1, 0.15) is 0 Å². The number of aromatic nitrogens is 1. The largest absolute Gasteiger partial charge is 0.265 e. The first kappa shape index (κ1) is 12.4. The fraction of sp³-hybridized carbons (Fsp3) is 0.214. The number of nitrogens with zero attached hydrogens (tertiary/aromatic N) is 1. The SMILES string of the molecule is Cc1ccc(Cl)cc1C(Cl)Cc1ccncc1. The maximum atomic E-state index is 6.44. The zero-order chi connectivity index (χ0) is 12.3. The normalized spacial score (nSPS) is 12.4. The summed E-state index contributed by atoms with van der Waals surface area (Å²) in [5.41, 5.74) is 3.44. The minimum Gasteiger partial charge on any atom is -0.265 e. The lowest BCUT2D eigenvalue weighted by Crippen LogP contribution is -1.98. The first-order valence-electron chi connectivity index (χ1n) is 5.46. The van der Waals surface area contributed by atoms with Crippen LogP contribution < -0.4 is 0 Å². The molecule has 88 valence electrons. The number of rotatable bonds is 3. The number of alkyl halides is 1. The minimum atomic E-state index is -0.0592. The van der Waals surface area contributed by atoms with E-state index in [-0.39, 0.29) is 5.38 Å². The Balaban J connectivity index is 2.20. The van der Waals surface area contributed by atoms with E-state index in [0.717, 1.165) is 17.0 Å². The zero-order valence-corrected chi connectivity index (χ0v) is 11.0. The third-order valence-corrected chi connectivity index (χ3v) is 3.37. The van der Waals surface area contributed by atoms with Crippen molar-refractivity contribution in [2.24, 2.45) is 0 Å². The number of benzene rings is 1. The molecule has 0 bridgehead atoms. The molecule has 2 aromatic rings. The van der Waals surface area contributed by atoms with Gasteiger partial charge < -0.3 is 0 Å². The lowest BCUT2D eigenvalue weighted by atomic mass is 10.0.